The van der Waals surface area contributed by atoms with Gasteiger partial charge in [0.1, 0.15) is 5.82 Å². The van der Waals surface area contributed by atoms with Crippen molar-refractivity contribution in [3.63, 3.8) is 0 Å². The van der Waals surface area contributed by atoms with Crippen LogP contribution in [0.15, 0.2) is 18.2 Å². The number of hydrogen-bond acceptors (Lipinski definition) is 2. The van der Waals surface area contributed by atoms with Gasteiger partial charge in [-0.05, 0) is 45.4 Å². The van der Waals surface area contributed by atoms with Crippen molar-refractivity contribution in [3.05, 3.63) is 29.6 Å². The minimum absolute atomic E-state index is 0.121. The number of para-hydroxylation sites is 1. The molecule has 0 bridgehead atoms. The Morgan fingerprint density at radius 1 is 1.21 bits per heavy atom. The van der Waals surface area contributed by atoms with Gasteiger partial charge < -0.3 is 10.2 Å². The lowest BCUT2D eigenvalue weighted by Crippen LogP contribution is -2.35. The van der Waals surface area contributed by atoms with E-state index in [1.165, 1.54) is 0 Å². The summed E-state index contributed by atoms with van der Waals surface area (Å²) in [5.41, 5.74) is 1.80. The molecule has 2 atom stereocenters. The number of rotatable bonds is 7. The fourth-order valence-electron chi connectivity index (χ4n) is 2.51. The molecule has 1 N–H and O–H groups in total. The summed E-state index contributed by atoms with van der Waals surface area (Å²) >= 11 is 0. The maximum absolute atomic E-state index is 14.3. The van der Waals surface area contributed by atoms with Gasteiger partial charge in [0.05, 0.1) is 5.69 Å². The number of halogens is 1. The molecule has 1 aromatic carbocycles. The van der Waals surface area contributed by atoms with Crippen LogP contribution in [0, 0.1) is 5.82 Å². The molecule has 2 nitrogen and oxygen atoms in total. The molecule has 108 valence electrons. The lowest BCUT2D eigenvalue weighted by molar-refractivity contribution is 0.556. The molecule has 2 unspecified atom stereocenters. The lowest BCUT2D eigenvalue weighted by atomic mass is 10.0. The summed E-state index contributed by atoms with van der Waals surface area (Å²) < 4.78 is 14.3. The van der Waals surface area contributed by atoms with Crippen molar-refractivity contribution in [2.75, 3.05) is 18.0 Å². The first-order valence-corrected chi connectivity index (χ1v) is 7.35. The molecule has 0 aliphatic carbocycles. The van der Waals surface area contributed by atoms with Gasteiger partial charge in [-0.2, -0.15) is 0 Å². The van der Waals surface area contributed by atoms with Crippen molar-refractivity contribution in [3.8, 4) is 0 Å². The quantitative estimate of drug-likeness (QED) is 0.798. The Labute approximate surface area is 117 Å². The normalized spacial score (nSPS) is 14.2. The van der Waals surface area contributed by atoms with E-state index in [0.717, 1.165) is 30.8 Å². The van der Waals surface area contributed by atoms with Crippen LogP contribution in [-0.4, -0.2) is 19.1 Å². The molecule has 0 fully saturated rings. The summed E-state index contributed by atoms with van der Waals surface area (Å²) in [4.78, 5) is 2.17. The highest BCUT2D eigenvalue weighted by atomic mass is 19.1. The molecule has 0 amide bonds. The molecule has 0 heterocycles. The SMILES string of the molecule is CCNC(C)c1cccc(F)c1N(CC)C(C)CC. The van der Waals surface area contributed by atoms with Gasteiger partial charge in [-0.1, -0.05) is 26.0 Å². The molecule has 0 saturated carbocycles. The van der Waals surface area contributed by atoms with Crippen molar-refractivity contribution in [1.29, 1.82) is 0 Å². The second-order valence-electron chi connectivity index (χ2n) is 5.00. The topological polar surface area (TPSA) is 15.3 Å². The van der Waals surface area contributed by atoms with Crippen LogP contribution in [0.4, 0.5) is 10.1 Å². The Morgan fingerprint density at radius 2 is 1.89 bits per heavy atom. The molecule has 0 aliphatic heterocycles. The highest BCUT2D eigenvalue weighted by Crippen LogP contribution is 2.31. The summed E-state index contributed by atoms with van der Waals surface area (Å²) in [7, 11) is 0. The van der Waals surface area contributed by atoms with Gasteiger partial charge in [-0.15, -0.1) is 0 Å². The maximum Gasteiger partial charge on any atom is 0.146 e. The van der Waals surface area contributed by atoms with Gasteiger partial charge in [0.2, 0.25) is 0 Å². The molecule has 0 aromatic heterocycles. The predicted molar refractivity (Wildman–Crippen MR) is 81.3 cm³/mol. The van der Waals surface area contributed by atoms with E-state index in [9.17, 15) is 4.39 Å². The van der Waals surface area contributed by atoms with Crippen LogP contribution in [0.25, 0.3) is 0 Å². The van der Waals surface area contributed by atoms with Crippen molar-refractivity contribution >= 4 is 5.69 Å². The largest absolute Gasteiger partial charge is 0.366 e. The Kier molecular flexibility index (Phi) is 6.29. The zero-order valence-electron chi connectivity index (χ0n) is 12.8. The van der Waals surface area contributed by atoms with Crippen LogP contribution in [0.5, 0.6) is 0 Å². The second-order valence-corrected chi connectivity index (χ2v) is 5.00. The van der Waals surface area contributed by atoms with Crippen LogP contribution in [0.3, 0.4) is 0 Å². The van der Waals surface area contributed by atoms with Gasteiger partial charge in [0.25, 0.3) is 0 Å². The molecule has 19 heavy (non-hydrogen) atoms. The summed E-state index contributed by atoms with van der Waals surface area (Å²) in [6.07, 6.45) is 1.01. The molecule has 0 radical (unpaired) electrons. The second kappa shape index (κ2) is 7.49. The molecular weight excluding hydrogens is 239 g/mol. The van der Waals surface area contributed by atoms with Crippen molar-refractivity contribution in [2.45, 2.75) is 53.1 Å². The first-order valence-electron chi connectivity index (χ1n) is 7.35. The average Bonchev–Trinajstić information content (AvgIpc) is 2.41. The Bertz CT molecular complexity index is 392. The molecule has 0 spiro atoms. The summed E-state index contributed by atoms with van der Waals surface area (Å²) in [6.45, 7) is 12.2. The standard InChI is InChI=1S/C16H27FN2/c1-6-12(4)19(8-3)16-14(13(5)18-7-2)10-9-11-15(16)17/h9-13,18H,6-8H2,1-5H3. The fourth-order valence-corrected chi connectivity index (χ4v) is 2.51. The van der Waals surface area contributed by atoms with E-state index in [4.69, 9.17) is 0 Å². The molecule has 0 aliphatic rings. The molecular formula is C16H27FN2. The van der Waals surface area contributed by atoms with E-state index in [0.29, 0.717) is 6.04 Å². The molecule has 1 rings (SSSR count). The number of nitrogens with one attached hydrogen (secondary N) is 1. The van der Waals surface area contributed by atoms with Gasteiger partial charge in [-0.3, -0.25) is 0 Å². The predicted octanol–water partition coefficient (Wildman–Crippen LogP) is 4.12. The maximum atomic E-state index is 14.3. The van der Waals surface area contributed by atoms with Gasteiger partial charge in [-0.25, -0.2) is 4.39 Å². The van der Waals surface area contributed by atoms with Crippen LogP contribution < -0.4 is 10.2 Å². The number of hydrogen-bond donors (Lipinski definition) is 1. The van der Waals surface area contributed by atoms with E-state index in [1.54, 1.807) is 12.1 Å². The first-order chi connectivity index (χ1) is 9.06. The van der Waals surface area contributed by atoms with Crippen LogP contribution in [-0.2, 0) is 0 Å². The van der Waals surface area contributed by atoms with E-state index in [1.807, 2.05) is 6.07 Å². The summed E-state index contributed by atoms with van der Waals surface area (Å²) in [5, 5.41) is 3.37. The highest BCUT2D eigenvalue weighted by Gasteiger charge is 2.21. The van der Waals surface area contributed by atoms with Crippen LogP contribution in [0.1, 0.15) is 52.6 Å². The minimum Gasteiger partial charge on any atom is -0.366 e. The zero-order valence-corrected chi connectivity index (χ0v) is 12.8. The lowest BCUT2D eigenvalue weighted by Gasteiger charge is -2.33. The van der Waals surface area contributed by atoms with E-state index >= 15 is 0 Å². The third kappa shape index (κ3) is 3.69. The average molecular weight is 266 g/mol. The van der Waals surface area contributed by atoms with Crippen molar-refractivity contribution in [1.82, 2.24) is 5.32 Å². The number of anilines is 1. The summed E-state index contributed by atoms with van der Waals surface area (Å²) in [6, 6.07) is 5.88. The van der Waals surface area contributed by atoms with Crippen LogP contribution in [0.2, 0.25) is 0 Å². The van der Waals surface area contributed by atoms with Gasteiger partial charge in [0.15, 0.2) is 0 Å². The van der Waals surface area contributed by atoms with E-state index < -0.39 is 0 Å². The van der Waals surface area contributed by atoms with E-state index in [-0.39, 0.29) is 11.9 Å². The van der Waals surface area contributed by atoms with Crippen molar-refractivity contribution in [2.24, 2.45) is 0 Å². The third-order valence-electron chi connectivity index (χ3n) is 3.75. The van der Waals surface area contributed by atoms with Gasteiger partial charge >= 0.3 is 0 Å². The fraction of sp³-hybridized carbons (Fsp3) is 0.625. The Morgan fingerprint density at radius 3 is 2.42 bits per heavy atom. The minimum atomic E-state index is -0.121. The van der Waals surface area contributed by atoms with Gasteiger partial charge in [0, 0.05) is 18.6 Å². The number of nitrogens with zero attached hydrogens (tertiary/aromatic N) is 1. The monoisotopic (exact) mass is 266 g/mol. The third-order valence-corrected chi connectivity index (χ3v) is 3.75. The highest BCUT2D eigenvalue weighted by molar-refractivity contribution is 5.56. The summed E-state index contributed by atoms with van der Waals surface area (Å²) in [5.74, 6) is -0.121. The molecule has 3 heteroatoms. The zero-order chi connectivity index (χ0) is 14.4. The van der Waals surface area contributed by atoms with Crippen molar-refractivity contribution < 1.29 is 4.39 Å². The Hall–Kier alpha value is -1.09. The van der Waals surface area contributed by atoms with Crippen LogP contribution >= 0.6 is 0 Å². The Balaban J connectivity index is 3.22. The smallest absolute Gasteiger partial charge is 0.146 e. The first kappa shape index (κ1) is 16.0. The van der Waals surface area contributed by atoms with E-state index in [2.05, 4.69) is 44.8 Å². The number of benzene rings is 1. The molecule has 0 saturated heterocycles. The molecule has 1 aromatic rings.